The maximum absolute atomic E-state index is 14.4. The second-order valence-corrected chi connectivity index (χ2v) is 6.41. The summed E-state index contributed by atoms with van der Waals surface area (Å²) in [5.74, 6) is 0. The smallest absolute Gasteiger partial charge is 0.330 e. The molecule has 1 aromatic heterocycles. The van der Waals surface area contributed by atoms with Gasteiger partial charge in [0.15, 0.2) is 12.4 Å². The van der Waals surface area contributed by atoms with E-state index < -0.39 is 49.2 Å². The topological polar surface area (TPSA) is 111 Å². The molecule has 11 heteroatoms. The van der Waals surface area contributed by atoms with E-state index in [-0.39, 0.29) is 0 Å². The average Bonchev–Trinajstić information content (AvgIpc) is 2.67. The number of alkyl halides is 1. The van der Waals surface area contributed by atoms with Crippen molar-refractivity contribution in [2.45, 2.75) is 37.6 Å². The van der Waals surface area contributed by atoms with E-state index in [2.05, 4.69) is 12.2 Å². The van der Waals surface area contributed by atoms with Crippen molar-refractivity contribution in [1.29, 1.82) is 0 Å². The maximum atomic E-state index is 14.4. The monoisotopic (exact) mass is 340 g/mol. The van der Waals surface area contributed by atoms with Crippen molar-refractivity contribution in [2.75, 3.05) is 0 Å². The summed E-state index contributed by atoms with van der Waals surface area (Å²) >= 11 is 3.58. The van der Waals surface area contributed by atoms with Gasteiger partial charge in [-0.2, -0.15) is 0 Å². The Morgan fingerprint density at radius 1 is 1.62 bits per heavy atom. The zero-order valence-electron chi connectivity index (χ0n) is 10.8. The van der Waals surface area contributed by atoms with Crippen molar-refractivity contribution < 1.29 is 23.3 Å². The van der Waals surface area contributed by atoms with Gasteiger partial charge in [-0.05, 0) is 6.92 Å². The number of hydrogen-bond donors (Lipinski definition) is 3. The number of rotatable bonds is 4. The number of nitrogens with one attached hydrogen (secondary N) is 1. The van der Waals surface area contributed by atoms with Crippen LogP contribution in [-0.4, -0.2) is 39.1 Å². The molecule has 0 aromatic carbocycles. The molecule has 0 bridgehead atoms. The fourth-order valence-electron chi connectivity index (χ4n) is 2.14. The van der Waals surface area contributed by atoms with Crippen LogP contribution in [-0.2, 0) is 13.8 Å². The Labute approximate surface area is 123 Å². The van der Waals surface area contributed by atoms with Gasteiger partial charge in [-0.1, -0.05) is 12.2 Å². The van der Waals surface area contributed by atoms with Gasteiger partial charge in [0.1, 0.15) is 12.2 Å². The highest BCUT2D eigenvalue weighted by atomic mass is 32.7. The number of aliphatic hydroxyl groups excluding tert-OH is 1. The number of aromatic amines is 1. The molecule has 1 fully saturated rings. The van der Waals surface area contributed by atoms with Crippen LogP contribution in [0, 0.1) is 0 Å². The first-order valence-electron chi connectivity index (χ1n) is 6.00. The molecule has 0 radical (unpaired) electrons. The predicted octanol–water partition coefficient (Wildman–Crippen LogP) is -0.142. The average molecular weight is 340 g/mol. The highest BCUT2D eigenvalue weighted by Gasteiger charge is 2.49. The van der Waals surface area contributed by atoms with Gasteiger partial charge in [0.25, 0.3) is 5.56 Å². The van der Waals surface area contributed by atoms with Crippen LogP contribution >= 0.6 is 19.5 Å². The first-order valence-corrected chi connectivity index (χ1v) is 8.60. The summed E-state index contributed by atoms with van der Waals surface area (Å²) < 4.78 is 36.5. The number of aliphatic hydroxyl groups is 1. The number of hydrogen-bond acceptors (Lipinski definition) is 6. The van der Waals surface area contributed by atoms with Crippen LogP contribution in [0.1, 0.15) is 13.2 Å². The minimum absolute atomic E-state index is 0.634. The molecule has 2 N–H and O–H groups in total. The third-order valence-electron chi connectivity index (χ3n) is 3.04. The van der Waals surface area contributed by atoms with Gasteiger partial charge in [-0.15, -0.1) is 0 Å². The minimum Gasteiger partial charge on any atom is -0.391 e. The van der Waals surface area contributed by atoms with Gasteiger partial charge in [-0.3, -0.25) is 18.9 Å². The SMILES string of the molecule is C[C@@H](O)[C@H]1O[C@@H](n2ccc(=O)[nH]c2=O)[C@@H](F)C1O[PH](=O)S. The Bertz CT molecular complexity index is 649. The van der Waals surface area contributed by atoms with Gasteiger partial charge >= 0.3 is 5.69 Å². The standard InChI is InChI=1S/C10H14FN2O6PS/c1-4(14)7-8(19-20(17)21)6(11)9(18-7)13-3-2-5(15)12-10(13)16/h2-4,6-9,14,20H,1H3,(H,17,21)(H,12,15,16)/t4-,6+,7-,8?,9-/m1/s1. The van der Waals surface area contributed by atoms with Crippen LogP contribution in [0.2, 0.25) is 0 Å². The molecule has 2 rings (SSSR count). The van der Waals surface area contributed by atoms with Crippen LogP contribution in [0.25, 0.3) is 0 Å². The van der Waals surface area contributed by atoms with Crippen molar-refractivity contribution in [1.82, 2.24) is 9.55 Å². The highest BCUT2D eigenvalue weighted by Crippen LogP contribution is 2.40. The summed E-state index contributed by atoms with van der Waals surface area (Å²) in [5, 5.41) is 9.60. The van der Waals surface area contributed by atoms with E-state index in [4.69, 9.17) is 9.26 Å². The lowest BCUT2D eigenvalue weighted by atomic mass is 10.1. The summed E-state index contributed by atoms with van der Waals surface area (Å²) in [6.07, 6.45) is -5.78. The third kappa shape index (κ3) is 3.46. The van der Waals surface area contributed by atoms with Gasteiger partial charge in [-0.25, -0.2) is 9.18 Å². The Morgan fingerprint density at radius 2 is 2.29 bits per heavy atom. The lowest BCUT2D eigenvalue weighted by Crippen LogP contribution is -2.37. The zero-order chi connectivity index (χ0) is 15.7. The van der Waals surface area contributed by atoms with E-state index >= 15 is 0 Å². The van der Waals surface area contributed by atoms with Crippen LogP contribution in [0.4, 0.5) is 4.39 Å². The number of H-pyrrole nitrogens is 1. The Hall–Kier alpha value is -0.930. The second kappa shape index (κ2) is 6.45. The largest absolute Gasteiger partial charge is 0.391 e. The normalized spacial score (nSPS) is 32.0. The fraction of sp³-hybridized carbons (Fsp3) is 0.600. The summed E-state index contributed by atoms with van der Waals surface area (Å²) in [6, 6.07) is 1.03. The van der Waals surface area contributed by atoms with E-state index in [1.807, 2.05) is 4.98 Å². The molecule has 0 aliphatic carbocycles. The number of ether oxygens (including phenoxy) is 1. The van der Waals surface area contributed by atoms with Crippen LogP contribution in [0.15, 0.2) is 21.9 Å². The molecular weight excluding hydrogens is 326 g/mol. The quantitative estimate of drug-likeness (QED) is 0.520. The highest BCUT2D eigenvalue weighted by molar-refractivity contribution is 8.39. The lowest BCUT2D eigenvalue weighted by molar-refractivity contribution is -0.0747. The predicted molar refractivity (Wildman–Crippen MR) is 74.7 cm³/mol. The van der Waals surface area contributed by atoms with Crippen molar-refractivity contribution >= 4 is 19.5 Å². The molecule has 0 amide bonds. The second-order valence-electron chi connectivity index (χ2n) is 4.54. The van der Waals surface area contributed by atoms with Gasteiger partial charge in [0, 0.05) is 12.3 Å². The summed E-state index contributed by atoms with van der Waals surface area (Å²) in [4.78, 5) is 24.6. The molecule has 2 heterocycles. The van der Waals surface area contributed by atoms with Crippen molar-refractivity contribution in [2.24, 2.45) is 0 Å². The van der Waals surface area contributed by atoms with Crippen LogP contribution < -0.4 is 11.2 Å². The minimum atomic E-state index is -2.77. The molecule has 118 valence electrons. The van der Waals surface area contributed by atoms with Crippen LogP contribution in [0.5, 0.6) is 0 Å². The van der Waals surface area contributed by atoms with Crippen molar-refractivity contribution in [3.05, 3.63) is 33.1 Å². The summed E-state index contributed by atoms with van der Waals surface area (Å²) in [5.41, 5.74) is -1.50. The molecule has 21 heavy (non-hydrogen) atoms. The summed E-state index contributed by atoms with van der Waals surface area (Å²) in [6.45, 7) is 1.35. The number of aromatic nitrogens is 2. The summed E-state index contributed by atoms with van der Waals surface area (Å²) in [7, 11) is -2.77. The molecule has 2 unspecified atom stereocenters. The number of nitrogens with zero attached hydrogens (tertiary/aromatic N) is 1. The molecule has 8 nitrogen and oxygen atoms in total. The van der Waals surface area contributed by atoms with E-state index in [1.165, 1.54) is 6.92 Å². The Morgan fingerprint density at radius 3 is 2.81 bits per heavy atom. The van der Waals surface area contributed by atoms with Crippen molar-refractivity contribution in [3.63, 3.8) is 0 Å². The van der Waals surface area contributed by atoms with Gasteiger partial charge < -0.3 is 14.4 Å². The third-order valence-corrected chi connectivity index (χ3v) is 3.83. The lowest BCUT2D eigenvalue weighted by Gasteiger charge is -2.20. The zero-order valence-corrected chi connectivity index (χ0v) is 12.7. The van der Waals surface area contributed by atoms with Gasteiger partial charge in [0.2, 0.25) is 7.23 Å². The molecular formula is C10H14FN2O6PS. The van der Waals surface area contributed by atoms with Gasteiger partial charge in [0.05, 0.1) is 6.10 Å². The van der Waals surface area contributed by atoms with E-state index in [0.717, 1.165) is 16.8 Å². The number of halogens is 1. The van der Waals surface area contributed by atoms with E-state index in [1.54, 1.807) is 0 Å². The molecule has 0 spiro atoms. The van der Waals surface area contributed by atoms with E-state index in [0.29, 0.717) is 0 Å². The molecule has 1 aromatic rings. The van der Waals surface area contributed by atoms with E-state index in [9.17, 15) is 23.7 Å². The first kappa shape index (κ1) is 16.4. The molecule has 0 saturated carbocycles. The van der Waals surface area contributed by atoms with Crippen LogP contribution in [0.3, 0.4) is 0 Å². The fourth-order valence-corrected chi connectivity index (χ4v) is 3.00. The number of thiol groups is 1. The Balaban J connectivity index is 2.35. The molecule has 1 aliphatic rings. The van der Waals surface area contributed by atoms with Crippen molar-refractivity contribution in [3.8, 4) is 0 Å². The molecule has 6 atom stereocenters. The molecule has 1 aliphatic heterocycles. The first-order chi connectivity index (χ1) is 9.81. The molecule has 1 saturated heterocycles. The maximum Gasteiger partial charge on any atom is 0.330 e. The Kier molecular flexibility index (Phi) is 5.05.